The van der Waals surface area contributed by atoms with Gasteiger partial charge in [0.05, 0.1) is 11.4 Å². The summed E-state index contributed by atoms with van der Waals surface area (Å²) in [7, 11) is 0. The third-order valence-corrected chi connectivity index (χ3v) is 6.97. The van der Waals surface area contributed by atoms with Gasteiger partial charge in [-0.3, -0.25) is 19.2 Å². The highest BCUT2D eigenvalue weighted by Gasteiger charge is 2.48. The maximum atomic E-state index is 13.7. The molecule has 3 heterocycles. The number of anilines is 1. The first-order chi connectivity index (χ1) is 16.3. The summed E-state index contributed by atoms with van der Waals surface area (Å²) in [6.07, 6.45) is 0. The lowest BCUT2D eigenvalue weighted by Crippen LogP contribution is -2.64. The molecule has 0 spiro atoms. The predicted octanol–water partition coefficient (Wildman–Crippen LogP) is 4.79. The number of nitrogens with zero attached hydrogens (tertiary/aromatic N) is 3. The molecule has 0 aliphatic carbocycles. The molecule has 0 fully saturated rings. The summed E-state index contributed by atoms with van der Waals surface area (Å²) >= 11 is 1.53. The topological polar surface area (TPSA) is 67.2 Å². The van der Waals surface area contributed by atoms with E-state index in [0.717, 1.165) is 16.0 Å². The fourth-order valence-corrected chi connectivity index (χ4v) is 4.88. The van der Waals surface area contributed by atoms with Crippen LogP contribution in [-0.2, 0) is 17.9 Å². The van der Waals surface area contributed by atoms with Crippen LogP contribution < -0.4 is 10.2 Å². The van der Waals surface area contributed by atoms with E-state index in [2.05, 4.69) is 10.4 Å². The Labute approximate surface area is 200 Å². The van der Waals surface area contributed by atoms with Crippen LogP contribution in [0.2, 0.25) is 0 Å². The number of aromatic nitrogens is 2. The Bertz CT molecular complexity index is 1350. The predicted molar refractivity (Wildman–Crippen MR) is 130 cm³/mol. The van der Waals surface area contributed by atoms with Crippen molar-refractivity contribution in [2.45, 2.75) is 32.5 Å². The zero-order valence-electron chi connectivity index (χ0n) is 18.8. The van der Waals surface area contributed by atoms with Crippen molar-refractivity contribution in [2.24, 2.45) is 0 Å². The molecule has 0 radical (unpaired) electrons. The zero-order chi connectivity index (χ0) is 23.9. The van der Waals surface area contributed by atoms with Crippen LogP contribution in [0, 0.1) is 12.7 Å². The van der Waals surface area contributed by atoms with Crippen molar-refractivity contribution in [2.75, 3.05) is 4.90 Å². The van der Waals surface area contributed by atoms with Gasteiger partial charge >= 0.3 is 0 Å². The molecule has 8 heteroatoms. The maximum absolute atomic E-state index is 13.7. The number of rotatable bonds is 5. The Morgan fingerprint density at radius 3 is 2.56 bits per heavy atom. The van der Waals surface area contributed by atoms with Gasteiger partial charge in [-0.15, -0.1) is 11.3 Å². The van der Waals surface area contributed by atoms with Gasteiger partial charge in [-0.05, 0) is 61.2 Å². The number of nitrogens with one attached hydrogen (secondary N) is 1. The zero-order valence-corrected chi connectivity index (χ0v) is 19.6. The van der Waals surface area contributed by atoms with Crippen molar-refractivity contribution in [3.63, 3.8) is 0 Å². The largest absolute Gasteiger partial charge is 0.350 e. The Morgan fingerprint density at radius 2 is 1.88 bits per heavy atom. The van der Waals surface area contributed by atoms with Gasteiger partial charge in [0.15, 0.2) is 0 Å². The highest BCUT2D eigenvalue weighted by atomic mass is 32.1. The molecule has 34 heavy (non-hydrogen) atoms. The summed E-state index contributed by atoms with van der Waals surface area (Å²) in [5.41, 5.74) is 2.33. The third kappa shape index (κ3) is 3.90. The first-order valence-electron chi connectivity index (χ1n) is 10.9. The molecule has 0 saturated carbocycles. The van der Waals surface area contributed by atoms with Crippen molar-refractivity contribution in [1.29, 1.82) is 0 Å². The van der Waals surface area contributed by atoms with Crippen LogP contribution in [0.4, 0.5) is 10.1 Å². The van der Waals surface area contributed by atoms with Crippen molar-refractivity contribution in [1.82, 2.24) is 15.1 Å². The second kappa shape index (κ2) is 8.53. The number of benzene rings is 2. The van der Waals surface area contributed by atoms with Gasteiger partial charge < -0.3 is 5.32 Å². The fourth-order valence-electron chi connectivity index (χ4n) is 4.20. The summed E-state index contributed by atoms with van der Waals surface area (Å²) in [4.78, 5) is 29.7. The van der Waals surface area contributed by atoms with E-state index in [1.165, 1.54) is 40.5 Å². The second-order valence-corrected chi connectivity index (χ2v) is 9.56. The van der Waals surface area contributed by atoms with Gasteiger partial charge in [0.2, 0.25) is 5.91 Å². The first kappa shape index (κ1) is 22.0. The van der Waals surface area contributed by atoms with Gasteiger partial charge in [-0.2, -0.15) is 5.10 Å². The minimum atomic E-state index is -1.27. The van der Waals surface area contributed by atoms with E-state index in [0.29, 0.717) is 23.6 Å². The van der Waals surface area contributed by atoms with Gasteiger partial charge in [0, 0.05) is 12.2 Å². The number of aryl methyl sites for hydroxylation is 1. The molecule has 2 aromatic heterocycles. The molecule has 2 amide bonds. The average molecular weight is 475 g/mol. The van der Waals surface area contributed by atoms with Gasteiger partial charge in [-0.1, -0.05) is 35.9 Å². The molecule has 0 unspecified atom stereocenters. The maximum Gasteiger partial charge on any atom is 0.277 e. The SMILES string of the molecule is Cc1ccc(CNC(=O)[C@]2(C)Cn3nc(-c4cccs4)cc3C(=O)N2c2ccc(F)cc2)cc1. The quantitative estimate of drug-likeness (QED) is 0.452. The smallest absolute Gasteiger partial charge is 0.277 e. The highest BCUT2D eigenvalue weighted by molar-refractivity contribution is 7.13. The van der Waals surface area contributed by atoms with E-state index in [1.54, 1.807) is 17.7 Å². The molecular weight excluding hydrogens is 451 g/mol. The van der Waals surface area contributed by atoms with Crippen LogP contribution in [0.1, 0.15) is 28.5 Å². The molecule has 4 aromatic rings. The number of halogens is 1. The van der Waals surface area contributed by atoms with Crippen LogP contribution in [0.15, 0.2) is 72.1 Å². The highest BCUT2D eigenvalue weighted by Crippen LogP contribution is 2.35. The number of hydrogen-bond acceptors (Lipinski definition) is 4. The lowest BCUT2D eigenvalue weighted by Gasteiger charge is -2.43. The van der Waals surface area contributed by atoms with Crippen LogP contribution >= 0.6 is 11.3 Å². The summed E-state index contributed by atoms with van der Waals surface area (Å²) in [6.45, 7) is 4.21. The van der Waals surface area contributed by atoms with Crippen LogP contribution in [0.5, 0.6) is 0 Å². The normalized spacial score (nSPS) is 17.5. The number of carbonyl (C=O) groups is 2. The lowest BCUT2D eigenvalue weighted by atomic mass is 9.93. The summed E-state index contributed by atoms with van der Waals surface area (Å²) < 4.78 is 15.2. The molecule has 172 valence electrons. The molecular formula is C26H23FN4O2S. The van der Waals surface area contributed by atoms with Crippen molar-refractivity contribution in [3.8, 4) is 10.6 Å². The number of amides is 2. The first-order valence-corrected chi connectivity index (χ1v) is 11.8. The molecule has 1 aliphatic heterocycles. The molecule has 6 nitrogen and oxygen atoms in total. The monoisotopic (exact) mass is 474 g/mol. The molecule has 1 N–H and O–H groups in total. The standard InChI is InChI=1S/C26H23FN4O2S/c1-17-5-7-18(8-6-17)15-28-25(33)26(2)16-30-22(14-21(29-30)23-4-3-13-34-23)24(32)31(26)20-11-9-19(27)10-12-20/h3-14H,15-16H2,1-2H3,(H,28,33)/t26-/m0/s1. The Hall–Kier alpha value is -3.78. The van der Waals surface area contributed by atoms with Gasteiger partial charge in [0.25, 0.3) is 5.91 Å². The van der Waals surface area contributed by atoms with Crippen molar-refractivity contribution >= 4 is 28.8 Å². The van der Waals surface area contributed by atoms with Crippen molar-refractivity contribution in [3.05, 3.63) is 94.7 Å². The average Bonchev–Trinajstić information content (AvgIpc) is 3.50. The van der Waals surface area contributed by atoms with Gasteiger partial charge in [-0.25, -0.2) is 4.39 Å². The van der Waals surface area contributed by atoms with Gasteiger partial charge in [0.1, 0.15) is 22.7 Å². The Balaban J connectivity index is 1.52. The fraction of sp³-hybridized carbons (Fsp3) is 0.192. The number of carbonyl (C=O) groups excluding carboxylic acids is 2. The van der Waals surface area contributed by atoms with E-state index < -0.39 is 11.4 Å². The Kier molecular flexibility index (Phi) is 5.53. The van der Waals surface area contributed by atoms with E-state index in [-0.39, 0.29) is 18.4 Å². The molecule has 2 aromatic carbocycles. The summed E-state index contributed by atoms with van der Waals surface area (Å²) in [5.74, 6) is -1.09. The molecule has 0 bridgehead atoms. The minimum Gasteiger partial charge on any atom is -0.350 e. The number of fused-ring (bicyclic) bond motifs is 1. The summed E-state index contributed by atoms with van der Waals surface area (Å²) in [6, 6.07) is 19.1. The third-order valence-electron chi connectivity index (χ3n) is 6.07. The van der Waals surface area contributed by atoms with E-state index >= 15 is 0 Å². The van der Waals surface area contributed by atoms with E-state index in [9.17, 15) is 14.0 Å². The lowest BCUT2D eigenvalue weighted by molar-refractivity contribution is -0.126. The molecule has 1 atom stereocenters. The summed E-state index contributed by atoms with van der Waals surface area (Å²) in [5, 5.41) is 9.56. The number of hydrogen-bond donors (Lipinski definition) is 1. The second-order valence-electron chi connectivity index (χ2n) is 8.61. The van der Waals surface area contributed by atoms with E-state index in [1.807, 2.05) is 48.7 Å². The Morgan fingerprint density at radius 1 is 1.15 bits per heavy atom. The van der Waals surface area contributed by atoms with Crippen LogP contribution in [0.25, 0.3) is 10.6 Å². The van der Waals surface area contributed by atoms with Crippen molar-refractivity contribution < 1.29 is 14.0 Å². The van der Waals surface area contributed by atoms with E-state index in [4.69, 9.17) is 0 Å². The van der Waals surface area contributed by atoms with Crippen LogP contribution in [-0.4, -0.2) is 27.1 Å². The minimum absolute atomic E-state index is 0.163. The molecule has 0 saturated heterocycles. The number of thiophene rings is 1. The molecule has 5 rings (SSSR count). The molecule has 1 aliphatic rings. The van der Waals surface area contributed by atoms with Crippen LogP contribution in [0.3, 0.4) is 0 Å².